The normalized spacial score (nSPS) is 19.5. The first-order valence-electron chi connectivity index (χ1n) is 12.3. The van der Waals surface area contributed by atoms with E-state index in [0.717, 1.165) is 25.7 Å². The van der Waals surface area contributed by atoms with Gasteiger partial charge >= 0.3 is 29.9 Å². The summed E-state index contributed by atoms with van der Waals surface area (Å²) >= 11 is 0. The van der Waals surface area contributed by atoms with Crippen LogP contribution >= 0.6 is 0 Å². The number of ether oxygens (including phenoxy) is 2. The molecule has 0 spiro atoms. The number of halogens is 9. The molecule has 1 aliphatic carbocycles. The Morgan fingerprint density at radius 3 is 1.81 bits per heavy atom. The molecule has 0 heterocycles. The molecule has 0 aromatic heterocycles. The number of carbonyl (C=O) groups excluding carboxylic acids is 1. The van der Waals surface area contributed by atoms with Crippen LogP contribution in [0.5, 0.6) is 11.5 Å². The Morgan fingerprint density at radius 1 is 0.757 bits per heavy atom. The maximum absolute atomic E-state index is 14.1. The topological polar surface area (TPSA) is 35.5 Å². The molecule has 1 aromatic carbocycles. The summed E-state index contributed by atoms with van der Waals surface area (Å²) in [5.41, 5.74) is 0. The molecule has 0 radical (unpaired) electrons. The van der Waals surface area contributed by atoms with Gasteiger partial charge in [0.25, 0.3) is 0 Å². The van der Waals surface area contributed by atoms with E-state index < -0.39 is 67.4 Å². The number of carbonyl (C=O) groups is 1. The van der Waals surface area contributed by atoms with Crippen LogP contribution in [0.3, 0.4) is 0 Å². The van der Waals surface area contributed by atoms with E-state index in [1.54, 1.807) is 12.1 Å². The van der Waals surface area contributed by atoms with Crippen LogP contribution in [-0.2, 0) is 4.79 Å². The standard InChI is InChI=1S/C25H31F9O3/c1-2-3-4-5-6-7-16-36-19-12-14-20(15-13-19)37-21(35)17-8-10-18(11-9-17)22(26,27)23(28,29)24(30,31)25(32,33)34/h12-15,17-18H,2-11,16H2,1H3. The molecule has 1 aromatic rings. The van der Waals surface area contributed by atoms with E-state index >= 15 is 0 Å². The molecule has 0 unspecified atom stereocenters. The van der Waals surface area contributed by atoms with E-state index in [1.807, 2.05) is 0 Å². The molecular formula is C25H31F9O3. The zero-order valence-electron chi connectivity index (χ0n) is 20.4. The first kappa shape index (κ1) is 31.1. The number of alkyl halides is 9. The Hall–Kier alpha value is -2.14. The molecule has 0 N–H and O–H groups in total. The Balaban J connectivity index is 1.84. The van der Waals surface area contributed by atoms with Gasteiger partial charge in [-0.2, -0.15) is 39.5 Å². The lowest BCUT2D eigenvalue weighted by Crippen LogP contribution is -2.63. The zero-order valence-corrected chi connectivity index (χ0v) is 20.4. The van der Waals surface area contributed by atoms with Gasteiger partial charge in [0.05, 0.1) is 12.5 Å². The predicted molar refractivity (Wildman–Crippen MR) is 117 cm³/mol. The van der Waals surface area contributed by atoms with Crippen LogP contribution in [0, 0.1) is 11.8 Å². The molecule has 1 aliphatic rings. The van der Waals surface area contributed by atoms with E-state index in [-0.39, 0.29) is 5.75 Å². The smallest absolute Gasteiger partial charge is 0.460 e. The van der Waals surface area contributed by atoms with Gasteiger partial charge in [-0.25, -0.2) is 0 Å². The van der Waals surface area contributed by atoms with E-state index in [4.69, 9.17) is 9.47 Å². The van der Waals surface area contributed by atoms with Gasteiger partial charge in [0.1, 0.15) is 11.5 Å². The van der Waals surface area contributed by atoms with Gasteiger partial charge in [-0.1, -0.05) is 39.0 Å². The van der Waals surface area contributed by atoms with Crippen molar-refractivity contribution in [1.29, 1.82) is 0 Å². The minimum absolute atomic E-state index is 0.126. The summed E-state index contributed by atoms with van der Waals surface area (Å²) in [5, 5.41) is 0. The van der Waals surface area contributed by atoms with Crippen LogP contribution < -0.4 is 9.47 Å². The summed E-state index contributed by atoms with van der Waals surface area (Å²) in [6.45, 7) is 2.66. The summed E-state index contributed by atoms with van der Waals surface area (Å²) in [5.74, 6) is -22.8. The summed E-state index contributed by atoms with van der Waals surface area (Å²) in [6.07, 6.45) is -2.77. The third-order valence-electron chi connectivity index (χ3n) is 6.55. The number of hydrogen-bond acceptors (Lipinski definition) is 3. The lowest BCUT2D eigenvalue weighted by molar-refractivity contribution is -0.404. The molecule has 37 heavy (non-hydrogen) atoms. The van der Waals surface area contributed by atoms with Crippen molar-refractivity contribution in [1.82, 2.24) is 0 Å². The Bertz CT molecular complexity index is 846. The zero-order chi connectivity index (χ0) is 27.9. The number of esters is 1. The van der Waals surface area contributed by atoms with Crippen LogP contribution in [-0.4, -0.2) is 36.5 Å². The second kappa shape index (κ2) is 12.6. The van der Waals surface area contributed by atoms with Gasteiger partial charge in [-0.05, 0) is 56.4 Å². The first-order valence-corrected chi connectivity index (χ1v) is 12.3. The summed E-state index contributed by atoms with van der Waals surface area (Å²) < 4.78 is 130. The Kier molecular flexibility index (Phi) is 10.6. The molecule has 1 saturated carbocycles. The molecule has 0 saturated heterocycles. The number of rotatable bonds is 13. The molecule has 0 atom stereocenters. The van der Waals surface area contributed by atoms with Crippen molar-refractivity contribution in [2.24, 2.45) is 11.8 Å². The third-order valence-corrected chi connectivity index (χ3v) is 6.55. The van der Waals surface area contributed by atoms with Crippen LogP contribution in [0.15, 0.2) is 24.3 Å². The molecule has 0 bridgehead atoms. The van der Waals surface area contributed by atoms with Gasteiger partial charge in [0.15, 0.2) is 0 Å². The van der Waals surface area contributed by atoms with Crippen molar-refractivity contribution >= 4 is 5.97 Å². The maximum Gasteiger partial charge on any atom is 0.460 e. The number of hydrogen-bond donors (Lipinski definition) is 0. The Morgan fingerprint density at radius 2 is 1.27 bits per heavy atom. The van der Waals surface area contributed by atoms with Gasteiger partial charge in [-0.15, -0.1) is 0 Å². The van der Waals surface area contributed by atoms with Crippen molar-refractivity contribution in [2.45, 2.75) is 95.1 Å². The fourth-order valence-corrected chi connectivity index (χ4v) is 4.21. The summed E-state index contributed by atoms with van der Waals surface area (Å²) in [4.78, 5) is 12.4. The summed E-state index contributed by atoms with van der Waals surface area (Å²) in [6, 6.07) is 6.04. The van der Waals surface area contributed by atoms with Crippen molar-refractivity contribution in [3.05, 3.63) is 24.3 Å². The maximum atomic E-state index is 14.1. The van der Waals surface area contributed by atoms with Crippen LogP contribution in [0.25, 0.3) is 0 Å². The highest BCUT2D eigenvalue weighted by atomic mass is 19.4. The molecule has 212 valence electrons. The van der Waals surface area contributed by atoms with Crippen LogP contribution in [0.2, 0.25) is 0 Å². The van der Waals surface area contributed by atoms with Crippen molar-refractivity contribution in [2.75, 3.05) is 6.61 Å². The van der Waals surface area contributed by atoms with Crippen LogP contribution in [0.1, 0.15) is 71.1 Å². The minimum atomic E-state index is -6.91. The highest BCUT2D eigenvalue weighted by Crippen LogP contribution is 2.57. The van der Waals surface area contributed by atoms with E-state index in [0.29, 0.717) is 12.4 Å². The van der Waals surface area contributed by atoms with E-state index in [1.165, 1.54) is 25.0 Å². The van der Waals surface area contributed by atoms with Crippen molar-refractivity contribution < 1.29 is 53.8 Å². The number of unbranched alkanes of at least 4 members (excludes halogenated alkanes) is 5. The molecular weight excluding hydrogens is 519 g/mol. The highest BCUT2D eigenvalue weighted by molar-refractivity contribution is 5.75. The predicted octanol–water partition coefficient (Wildman–Crippen LogP) is 8.61. The second-order valence-electron chi connectivity index (χ2n) is 9.33. The molecule has 12 heteroatoms. The molecule has 3 nitrogen and oxygen atoms in total. The average Bonchev–Trinajstić information content (AvgIpc) is 2.83. The molecule has 0 aliphatic heterocycles. The summed E-state index contributed by atoms with van der Waals surface area (Å²) in [7, 11) is 0. The second-order valence-corrected chi connectivity index (χ2v) is 9.33. The minimum Gasteiger partial charge on any atom is -0.494 e. The fraction of sp³-hybridized carbons (Fsp3) is 0.720. The molecule has 0 amide bonds. The highest BCUT2D eigenvalue weighted by Gasteiger charge is 2.82. The number of benzene rings is 1. The average molecular weight is 551 g/mol. The van der Waals surface area contributed by atoms with Crippen molar-refractivity contribution in [3.63, 3.8) is 0 Å². The first-order chi connectivity index (χ1) is 17.1. The largest absolute Gasteiger partial charge is 0.494 e. The van der Waals surface area contributed by atoms with Crippen molar-refractivity contribution in [3.8, 4) is 11.5 Å². The molecule has 1 fully saturated rings. The monoisotopic (exact) mass is 550 g/mol. The van der Waals surface area contributed by atoms with E-state index in [2.05, 4.69) is 6.92 Å². The van der Waals surface area contributed by atoms with Gasteiger partial charge < -0.3 is 9.47 Å². The lowest BCUT2D eigenvalue weighted by Gasteiger charge is -2.39. The van der Waals surface area contributed by atoms with Gasteiger partial charge in [-0.3, -0.25) is 4.79 Å². The Labute approximate surface area is 209 Å². The SMILES string of the molecule is CCCCCCCCOc1ccc(OC(=O)C2CCC(C(F)(F)C(F)(F)C(F)(F)C(F)(F)F)CC2)cc1. The van der Waals surface area contributed by atoms with E-state index in [9.17, 15) is 44.3 Å². The quantitative estimate of drug-likeness (QED) is 0.107. The third kappa shape index (κ3) is 7.46. The lowest BCUT2D eigenvalue weighted by atomic mass is 9.76. The molecule has 2 rings (SSSR count). The fourth-order valence-electron chi connectivity index (χ4n) is 4.21. The van der Waals surface area contributed by atoms with Gasteiger partial charge in [0.2, 0.25) is 0 Å². The van der Waals surface area contributed by atoms with Crippen LogP contribution in [0.4, 0.5) is 39.5 Å². The van der Waals surface area contributed by atoms with Gasteiger partial charge in [0, 0.05) is 5.92 Å².